The van der Waals surface area contributed by atoms with E-state index in [9.17, 15) is 18.0 Å². The minimum absolute atomic E-state index is 0.0615. The van der Waals surface area contributed by atoms with E-state index in [1.54, 1.807) is 4.90 Å². The van der Waals surface area contributed by atoms with Gasteiger partial charge in [-0.1, -0.05) is 34.6 Å². The molecule has 2 heterocycles. The molecule has 2 aliphatic rings. The van der Waals surface area contributed by atoms with Crippen molar-refractivity contribution in [2.45, 2.75) is 79.1 Å². The Morgan fingerprint density at radius 2 is 1.33 bits per heavy atom. The molecule has 3 unspecified atom stereocenters. The van der Waals surface area contributed by atoms with Gasteiger partial charge >= 0.3 is 0 Å². The maximum absolute atomic E-state index is 12.5. The molecule has 3 atom stereocenters. The van der Waals surface area contributed by atoms with Crippen molar-refractivity contribution in [2.24, 2.45) is 10.8 Å². The second-order valence-corrected chi connectivity index (χ2v) is 16.5. The third kappa shape index (κ3) is 11.0. The molecular weight excluding hydrogens is 573 g/mol. The molecule has 2 amide bonds. The highest BCUT2D eigenvalue weighted by atomic mass is 32.2. The first-order chi connectivity index (χ1) is 18.2. The highest BCUT2D eigenvalue weighted by Gasteiger charge is 2.37. The Labute approximate surface area is 252 Å². The third-order valence-electron chi connectivity index (χ3n) is 7.56. The summed E-state index contributed by atoms with van der Waals surface area (Å²) in [5, 5.41) is 0.618. The van der Waals surface area contributed by atoms with E-state index in [-0.39, 0.29) is 28.1 Å². The highest BCUT2D eigenvalue weighted by molar-refractivity contribution is 7.85. The van der Waals surface area contributed by atoms with Crippen molar-refractivity contribution in [3.8, 4) is 0 Å². The topological polar surface area (TPSA) is 81.2 Å². The fraction of sp³-hybridized carbons (Fsp3) is 0.889. The van der Waals surface area contributed by atoms with E-state index in [0.29, 0.717) is 60.7 Å². The van der Waals surface area contributed by atoms with Crippen LogP contribution in [0.3, 0.4) is 0 Å². The average molecular weight is 623 g/mol. The fourth-order valence-corrected chi connectivity index (χ4v) is 8.44. The quantitative estimate of drug-likeness (QED) is 0.186. The summed E-state index contributed by atoms with van der Waals surface area (Å²) in [5.41, 5.74) is -0.335. The van der Waals surface area contributed by atoms with Crippen molar-refractivity contribution >= 4 is 63.4 Å². The molecule has 2 aliphatic heterocycles. The number of hydrogen-bond donors (Lipinski definition) is 1. The van der Waals surface area contributed by atoms with Crippen LogP contribution < -0.4 is 0 Å². The van der Waals surface area contributed by atoms with Crippen LogP contribution in [-0.4, -0.2) is 113 Å². The Hall–Kier alpha value is -0.560. The first-order valence-corrected chi connectivity index (χ1v) is 18.1. The van der Waals surface area contributed by atoms with Crippen LogP contribution in [0.1, 0.15) is 73.6 Å². The highest BCUT2D eigenvalue weighted by Crippen LogP contribution is 2.29. The molecule has 0 aromatic rings. The van der Waals surface area contributed by atoms with Crippen LogP contribution in [0.15, 0.2) is 0 Å². The van der Waals surface area contributed by atoms with E-state index in [2.05, 4.69) is 40.3 Å². The van der Waals surface area contributed by atoms with Crippen molar-refractivity contribution in [3.05, 3.63) is 0 Å². The van der Waals surface area contributed by atoms with E-state index in [0.717, 1.165) is 38.8 Å². The van der Waals surface area contributed by atoms with Crippen LogP contribution in [0.4, 0.5) is 0 Å². The van der Waals surface area contributed by atoms with Gasteiger partial charge in [0.25, 0.3) is 0 Å². The Morgan fingerprint density at radius 1 is 0.821 bits per heavy atom. The number of carbonyl (C=O) groups is 2. The number of hydrogen-bond acceptors (Lipinski definition) is 7. The zero-order valence-corrected chi connectivity index (χ0v) is 28.1. The van der Waals surface area contributed by atoms with E-state index in [1.807, 2.05) is 28.5 Å². The number of nitrogens with zero attached hydrogens (tertiary/aromatic N) is 4. The summed E-state index contributed by atoms with van der Waals surface area (Å²) in [6.45, 7) is 16.2. The van der Waals surface area contributed by atoms with Crippen LogP contribution in [0, 0.1) is 10.8 Å². The molecule has 0 radical (unpaired) electrons. The molecule has 2 rings (SSSR count). The van der Waals surface area contributed by atoms with Crippen LogP contribution >= 0.6 is 24.8 Å². The number of amides is 2. The van der Waals surface area contributed by atoms with Gasteiger partial charge in [-0.2, -0.15) is 0 Å². The molecule has 2 fully saturated rings. The van der Waals surface area contributed by atoms with Crippen LogP contribution in [-0.2, 0) is 31.2 Å². The minimum atomic E-state index is -0.927. The van der Waals surface area contributed by atoms with Crippen molar-refractivity contribution in [2.75, 3.05) is 62.3 Å². The summed E-state index contributed by atoms with van der Waals surface area (Å²) in [4.78, 5) is 32.2. The smallest absolute Gasteiger partial charge is 0.248 e. The summed E-state index contributed by atoms with van der Waals surface area (Å²) in [7, 11) is -1.85. The summed E-state index contributed by atoms with van der Waals surface area (Å²) >= 11 is 10.1. The van der Waals surface area contributed by atoms with Gasteiger partial charge in [0.05, 0.1) is 13.1 Å². The van der Waals surface area contributed by atoms with Crippen molar-refractivity contribution in [1.29, 1.82) is 0 Å². The molecule has 39 heavy (non-hydrogen) atoms. The molecule has 0 saturated carbocycles. The lowest BCUT2D eigenvalue weighted by molar-refractivity contribution is -0.128. The summed E-state index contributed by atoms with van der Waals surface area (Å²) in [6.07, 6.45) is 4.12. The lowest BCUT2D eigenvalue weighted by atomic mass is 9.87. The van der Waals surface area contributed by atoms with Gasteiger partial charge in [-0.05, 0) is 68.6 Å². The molecule has 2 saturated heterocycles. The van der Waals surface area contributed by atoms with Gasteiger partial charge in [-0.15, -0.1) is 12.6 Å². The number of carbonyl (C=O) groups excluding carboxylic acids is 2. The van der Waals surface area contributed by atoms with E-state index >= 15 is 0 Å². The third-order valence-corrected chi connectivity index (χ3v) is 11.6. The predicted octanol–water partition coefficient (Wildman–Crippen LogP) is 3.31. The molecule has 8 nitrogen and oxygen atoms in total. The monoisotopic (exact) mass is 622 g/mol. The average Bonchev–Trinajstić information content (AvgIpc) is 3.27. The normalized spacial score (nSPS) is 20.9. The predicted molar refractivity (Wildman–Crippen MR) is 170 cm³/mol. The number of thiocarbonyl (C=S) groups is 1. The van der Waals surface area contributed by atoms with Gasteiger partial charge in [-0.3, -0.25) is 27.8 Å². The summed E-state index contributed by atoms with van der Waals surface area (Å²) < 4.78 is 25.1. The first kappa shape index (κ1) is 34.6. The largest absolute Gasteiger partial charge is 0.340 e. The standard InChI is InChI=1S/C27H50N4O4S4/c1-7-28-18-22(32)30(24(28)36)20-26(3,4)12-9-14-38(34)16-11-17-39(35)15-10-13-27(5,6)21-31-23(33)19-29(8-2)25(31)37/h24,36H,7-21H2,1-6H3. The molecule has 0 bridgehead atoms. The van der Waals surface area contributed by atoms with Crippen LogP contribution in [0.25, 0.3) is 0 Å². The second-order valence-electron chi connectivity index (χ2n) is 12.3. The number of likely N-dealkylation sites (N-methyl/N-ethyl adjacent to an activating group) is 2. The van der Waals surface area contributed by atoms with Gasteiger partial charge in [0, 0.05) is 64.2 Å². The molecule has 0 spiro atoms. The van der Waals surface area contributed by atoms with Crippen molar-refractivity contribution in [3.63, 3.8) is 0 Å². The van der Waals surface area contributed by atoms with Gasteiger partial charge in [-0.25, -0.2) is 0 Å². The Kier molecular flexibility index (Phi) is 13.9. The van der Waals surface area contributed by atoms with E-state index < -0.39 is 21.6 Å². The lowest BCUT2D eigenvalue weighted by Crippen LogP contribution is -2.41. The van der Waals surface area contributed by atoms with Crippen LogP contribution in [0.5, 0.6) is 0 Å². The maximum Gasteiger partial charge on any atom is 0.248 e. The Balaban J connectivity index is 1.60. The molecule has 12 heteroatoms. The van der Waals surface area contributed by atoms with Crippen molar-refractivity contribution in [1.82, 2.24) is 19.6 Å². The molecule has 0 aromatic heterocycles. The second kappa shape index (κ2) is 15.6. The Bertz CT molecular complexity index is 914. The zero-order chi connectivity index (χ0) is 29.4. The first-order valence-electron chi connectivity index (χ1n) is 14.2. The van der Waals surface area contributed by atoms with Crippen molar-refractivity contribution < 1.29 is 18.0 Å². The molecule has 0 aliphatic carbocycles. The fourth-order valence-electron chi connectivity index (χ4n) is 5.17. The van der Waals surface area contributed by atoms with E-state index in [4.69, 9.17) is 12.2 Å². The zero-order valence-electron chi connectivity index (χ0n) is 24.8. The number of rotatable bonds is 18. The molecule has 0 N–H and O–H groups in total. The van der Waals surface area contributed by atoms with Gasteiger partial charge in [0.1, 0.15) is 5.50 Å². The van der Waals surface area contributed by atoms with Gasteiger partial charge in [0.15, 0.2) is 5.11 Å². The Morgan fingerprint density at radius 3 is 1.79 bits per heavy atom. The summed E-state index contributed by atoms with van der Waals surface area (Å²) in [5.74, 6) is 2.60. The number of thiol groups is 1. The molecule has 226 valence electrons. The van der Waals surface area contributed by atoms with Gasteiger partial charge in [0.2, 0.25) is 11.8 Å². The molecular formula is C27H50N4O4S4. The lowest BCUT2D eigenvalue weighted by Gasteiger charge is -2.33. The summed E-state index contributed by atoms with van der Waals surface area (Å²) in [6, 6.07) is 0. The van der Waals surface area contributed by atoms with E-state index in [1.165, 1.54) is 0 Å². The van der Waals surface area contributed by atoms with Gasteiger partial charge < -0.3 is 9.80 Å². The molecule has 0 aromatic carbocycles. The minimum Gasteiger partial charge on any atom is -0.340 e. The van der Waals surface area contributed by atoms with Crippen LogP contribution in [0.2, 0.25) is 0 Å². The SMILES string of the molecule is CCN1CC(=O)N(CC(C)(C)CCCS(=O)CCCS(=O)CCCC(C)(C)CN2C(=O)CN(CC)C2S)C1=S. The maximum atomic E-state index is 12.5.